The number of carboxylic acid groups (broad SMARTS) is 4. The van der Waals surface area contributed by atoms with Crippen molar-refractivity contribution in [2.45, 2.75) is 302 Å². The van der Waals surface area contributed by atoms with E-state index in [9.17, 15) is 39.6 Å². The molecule has 0 aromatic heterocycles. The minimum Gasteiger partial charge on any atom is -0.550 e. The van der Waals surface area contributed by atoms with Gasteiger partial charge in [0.25, 0.3) is 0 Å². The zero-order chi connectivity index (χ0) is 48.9. The molecule has 0 amide bonds. The second-order valence-corrected chi connectivity index (χ2v) is 22.5. The predicted molar refractivity (Wildman–Crippen MR) is 257 cm³/mol. The number of hydrogen-bond donors (Lipinski definition) is 0. The molecule has 0 atom stereocenters. The monoisotopic (exact) mass is 973 g/mol. The first-order valence-corrected chi connectivity index (χ1v) is 25.4. The third kappa shape index (κ3) is 100. The predicted octanol–water partition coefficient (Wildman–Crippen LogP) is 12.6. The third-order valence-corrected chi connectivity index (χ3v) is 10.2. The average molecular weight is 975 g/mol. The molecule has 9 heteroatoms. The summed E-state index contributed by atoms with van der Waals surface area (Å²) in [6, 6.07) is 0. The molecule has 0 N–H and O–H groups in total. The molecule has 63 heavy (non-hydrogen) atoms. The maximum absolute atomic E-state index is 10.0. The number of carbonyl (C=O) groups excluding carboxylic acids is 4. The van der Waals surface area contributed by atoms with Gasteiger partial charge in [0.2, 0.25) is 0 Å². The molecule has 0 unspecified atom stereocenters. The molecule has 0 aliphatic heterocycles. The standard InChI is InChI=1S/C14H30.4C10H20O2.Zr/c1-3-5-7-9-11-13-14-12-10-8-6-4-2;4*1-10(2,3)8-6-4-5-7-9(11)12;/h3-14H2,1-2H3;4*4-8H2,1-3H3,(H,11,12);/q;;;;;+4/p-4. The summed E-state index contributed by atoms with van der Waals surface area (Å²) in [4.78, 5) is 40.2. The zero-order valence-corrected chi connectivity index (χ0v) is 46.9. The van der Waals surface area contributed by atoms with Crippen molar-refractivity contribution in [3.8, 4) is 0 Å². The smallest absolute Gasteiger partial charge is 0.550 e. The summed E-state index contributed by atoms with van der Waals surface area (Å²) >= 11 is 0. The van der Waals surface area contributed by atoms with Gasteiger partial charge < -0.3 is 39.6 Å². The van der Waals surface area contributed by atoms with E-state index in [-0.39, 0.29) is 51.9 Å². The molecule has 374 valence electrons. The Kier molecular flexibility index (Phi) is 56.7. The van der Waals surface area contributed by atoms with E-state index in [4.69, 9.17) is 0 Å². The van der Waals surface area contributed by atoms with E-state index in [1.165, 1.54) is 103 Å². The van der Waals surface area contributed by atoms with Crippen LogP contribution >= 0.6 is 0 Å². The topological polar surface area (TPSA) is 161 Å². The van der Waals surface area contributed by atoms with E-state index in [1.807, 2.05) is 0 Å². The first kappa shape index (κ1) is 73.3. The Morgan fingerprint density at radius 3 is 0.540 bits per heavy atom. The van der Waals surface area contributed by atoms with Crippen LogP contribution in [-0.4, -0.2) is 23.9 Å². The van der Waals surface area contributed by atoms with E-state index >= 15 is 0 Å². The Labute approximate surface area is 411 Å². The van der Waals surface area contributed by atoms with Crippen LogP contribution in [0.5, 0.6) is 0 Å². The van der Waals surface area contributed by atoms with Gasteiger partial charge in [-0.2, -0.15) is 0 Å². The molecule has 0 heterocycles. The number of aliphatic carboxylic acids is 4. The van der Waals surface area contributed by atoms with E-state index in [0.717, 1.165) is 77.0 Å². The molecule has 0 fully saturated rings. The Bertz CT molecular complexity index is 851. The van der Waals surface area contributed by atoms with Gasteiger partial charge >= 0.3 is 26.2 Å². The SMILES string of the molecule is CC(C)(C)CCCCCC(=O)[O-].CC(C)(C)CCCCCC(=O)[O-].CC(C)(C)CCCCCC(=O)[O-].CC(C)(C)CCCCCC(=O)[O-].CCCCCCCCCCCCCC.[Zr+4]. The number of carboxylic acids is 4. The van der Waals surface area contributed by atoms with Gasteiger partial charge in [-0.25, -0.2) is 0 Å². The van der Waals surface area contributed by atoms with Crippen LogP contribution in [-0.2, 0) is 45.4 Å². The van der Waals surface area contributed by atoms with Crippen molar-refractivity contribution in [2.24, 2.45) is 21.7 Å². The third-order valence-electron chi connectivity index (χ3n) is 10.2. The molecular formula is C54H106O8Zr. The van der Waals surface area contributed by atoms with Gasteiger partial charge in [-0.3, -0.25) is 0 Å². The van der Waals surface area contributed by atoms with Crippen LogP contribution in [0, 0.1) is 21.7 Å². The number of rotatable bonds is 31. The molecule has 0 saturated carbocycles. The number of carbonyl (C=O) groups is 4. The van der Waals surface area contributed by atoms with Crippen LogP contribution in [0.4, 0.5) is 0 Å². The van der Waals surface area contributed by atoms with E-state index in [1.54, 1.807) is 0 Å². The normalized spacial score (nSPS) is 11.2. The zero-order valence-electron chi connectivity index (χ0n) is 44.4. The second-order valence-electron chi connectivity index (χ2n) is 22.5. The summed E-state index contributed by atoms with van der Waals surface area (Å²) < 4.78 is 0. The van der Waals surface area contributed by atoms with Crippen molar-refractivity contribution in [3.05, 3.63) is 0 Å². The Morgan fingerprint density at radius 1 is 0.270 bits per heavy atom. The Balaban J connectivity index is -0.000000161. The van der Waals surface area contributed by atoms with E-state index < -0.39 is 23.9 Å². The molecule has 0 spiro atoms. The van der Waals surface area contributed by atoms with Gasteiger partial charge in [0, 0.05) is 23.9 Å². The van der Waals surface area contributed by atoms with E-state index in [0.29, 0.717) is 21.7 Å². The molecule has 0 aromatic carbocycles. The van der Waals surface area contributed by atoms with Gasteiger partial charge in [-0.15, -0.1) is 0 Å². The van der Waals surface area contributed by atoms with E-state index in [2.05, 4.69) is 96.9 Å². The largest absolute Gasteiger partial charge is 4.00 e. The van der Waals surface area contributed by atoms with Crippen molar-refractivity contribution in [2.75, 3.05) is 0 Å². The minimum absolute atomic E-state index is 0. The quantitative estimate of drug-likeness (QED) is 0.0620. The number of hydrogen-bond acceptors (Lipinski definition) is 8. The van der Waals surface area contributed by atoms with Gasteiger partial charge in [0.05, 0.1) is 0 Å². The molecule has 0 aromatic rings. The fraction of sp³-hybridized carbons (Fsp3) is 0.926. The summed E-state index contributed by atoms with van der Waals surface area (Å²) in [7, 11) is 0. The maximum Gasteiger partial charge on any atom is 4.00 e. The molecular weight excluding hydrogens is 868 g/mol. The molecule has 0 rings (SSSR count). The van der Waals surface area contributed by atoms with Crippen LogP contribution in [0.15, 0.2) is 0 Å². The molecule has 8 nitrogen and oxygen atoms in total. The summed E-state index contributed by atoms with van der Waals surface area (Å²) in [5, 5.41) is 40.2. The van der Waals surface area contributed by atoms with Crippen LogP contribution in [0.25, 0.3) is 0 Å². The molecule has 0 bridgehead atoms. The first-order chi connectivity index (χ1) is 28.6. The van der Waals surface area contributed by atoms with Crippen molar-refractivity contribution in [1.82, 2.24) is 0 Å². The maximum atomic E-state index is 10.0. The Morgan fingerprint density at radius 2 is 0.413 bits per heavy atom. The second kappa shape index (κ2) is 48.7. The molecule has 0 aliphatic rings. The van der Waals surface area contributed by atoms with Crippen molar-refractivity contribution >= 4 is 23.9 Å². The van der Waals surface area contributed by atoms with Gasteiger partial charge in [-0.05, 0) is 98.7 Å². The summed E-state index contributed by atoms with van der Waals surface area (Å²) in [5.41, 5.74) is 1.51. The van der Waals surface area contributed by atoms with Gasteiger partial charge in [-0.1, -0.05) is 225 Å². The summed E-state index contributed by atoms with van der Waals surface area (Å²) in [5.74, 6) is -3.70. The summed E-state index contributed by atoms with van der Waals surface area (Å²) in [6.45, 7) is 31.0. The fourth-order valence-corrected chi connectivity index (χ4v) is 6.32. The van der Waals surface area contributed by atoms with Crippen LogP contribution < -0.4 is 20.4 Å². The minimum atomic E-state index is -0.925. The van der Waals surface area contributed by atoms with Gasteiger partial charge in [0.15, 0.2) is 0 Å². The molecule has 0 saturated heterocycles. The molecule has 0 aliphatic carbocycles. The number of unbranched alkanes of at least 4 members (excludes halogenated alkanes) is 19. The Hall–Kier alpha value is -1.24. The van der Waals surface area contributed by atoms with Crippen molar-refractivity contribution in [1.29, 1.82) is 0 Å². The average Bonchev–Trinajstić information content (AvgIpc) is 3.10. The fourth-order valence-electron chi connectivity index (χ4n) is 6.32. The van der Waals surface area contributed by atoms with Crippen LogP contribution in [0.3, 0.4) is 0 Å². The first-order valence-electron chi connectivity index (χ1n) is 25.4. The van der Waals surface area contributed by atoms with Crippen molar-refractivity contribution in [3.63, 3.8) is 0 Å². The summed E-state index contributed by atoms with van der Waals surface area (Å²) in [6.07, 6.45) is 34.5. The molecule has 0 radical (unpaired) electrons. The van der Waals surface area contributed by atoms with Crippen molar-refractivity contribution < 1.29 is 65.8 Å². The van der Waals surface area contributed by atoms with Crippen LogP contribution in [0.1, 0.15) is 302 Å². The van der Waals surface area contributed by atoms with Gasteiger partial charge in [0.1, 0.15) is 0 Å². The van der Waals surface area contributed by atoms with Crippen LogP contribution in [0.2, 0.25) is 0 Å².